The van der Waals surface area contributed by atoms with Crippen LogP contribution in [0.1, 0.15) is 27.2 Å². The van der Waals surface area contributed by atoms with E-state index in [0.29, 0.717) is 0 Å². The van der Waals surface area contributed by atoms with Gasteiger partial charge in [0.25, 0.3) is 0 Å². The summed E-state index contributed by atoms with van der Waals surface area (Å²) < 4.78 is 0. The van der Waals surface area contributed by atoms with Crippen molar-refractivity contribution in [2.75, 3.05) is 7.05 Å². The molecule has 0 aliphatic carbocycles. The molecule has 0 aliphatic heterocycles. The number of hydrogen-bond donors (Lipinski definition) is 0. The van der Waals surface area contributed by atoms with Crippen molar-refractivity contribution in [3.05, 3.63) is 0 Å². The van der Waals surface area contributed by atoms with Crippen LogP contribution in [0.5, 0.6) is 0 Å². The van der Waals surface area contributed by atoms with E-state index >= 15 is 0 Å². The summed E-state index contributed by atoms with van der Waals surface area (Å²) in [6, 6.07) is 0. The van der Waals surface area contributed by atoms with E-state index in [1.807, 2.05) is 7.05 Å². The highest BCUT2D eigenvalue weighted by molar-refractivity contribution is 5.81. The molecule has 1 nitrogen and oxygen atoms in total. The van der Waals surface area contributed by atoms with Crippen molar-refractivity contribution in [2.45, 2.75) is 27.2 Å². The molecule has 0 aromatic heterocycles. The summed E-state index contributed by atoms with van der Waals surface area (Å²) in [6.07, 6.45) is 1.14. The Morgan fingerprint density at radius 2 is 2.00 bits per heavy atom. The van der Waals surface area contributed by atoms with Gasteiger partial charge in [0.05, 0.1) is 0 Å². The summed E-state index contributed by atoms with van der Waals surface area (Å²) in [4.78, 5) is 4.05. The molecule has 0 aromatic rings. The molecule has 0 unspecified atom stereocenters. The molecule has 48 valence electrons. The summed E-state index contributed by atoms with van der Waals surface area (Å²) >= 11 is 0. The zero-order chi connectivity index (χ0) is 6.57. The first-order valence-electron chi connectivity index (χ1n) is 3.09. The maximum Gasteiger partial charge on any atom is 0.0276 e. The fourth-order valence-corrected chi connectivity index (χ4v) is 0.682. The van der Waals surface area contributed by atoms with Crippen molar-refractivity contribution in [3.8, 4) is 0 Å². The average molecular weight is 113 g/mol. The van der Waals surface area contributed by atoms with Crippen molar-refractivity contribution in [1.82, 2.24) is 0 Å². The number of rotatable bonds is 2. The molecule has 0 atom stereocenters. The zero-order valence-electron chi connectivity index (χ0n) is 6.23. The molecule has 8 heavy (non-hydrogen) atoms. The largest absolute Gasteiger partial charge is 0.298 e. The van der Waals surface area contributed by atoms with Crippen molar-refractivity contribution in [3.63, 3.8) is 0 Å². The number of nitrogens with zero attached hydrogens (tertiary/aromatic N) is 1. The van der Waals surface area contributed by atoms with E-state index in [0.717, 1.165) is 12.3 Å². The average Bonchev–Trinajstić information content (AvgIpc) is 1.65. The van der Waals surface area contributed by atoms with Gasteiger partial charge in [0.15, 0.2) is 0 Å². The lowest BCUT2D eigenvalue weighted by molar-refractivity contribution is 0.682. The van der Waals surface area contributed by atoms with Crippen LogP contribution in [0.4, 0.5) is 0 Å². The van der Waals surface area contributed by atoms with Crippen LogP contribution in [0.25, 0.3) is 0 Å². The maximum atomic E-state index is 4.05. The van der Waals surface area contributed by atoms with Crippen LogP contribution >= 0.6 is 0 Å². The molecule has 0 spiro atoms. The van der Waals surface area contributed by atoms with Gasteiger partial charge in [-0.1, -0.05) is 13.8 Å². The molecule has 0 saturated carbocycles. The summed E-state index contributed by atoms with van der Waals surface area (Å²) in [6.45, 7) is 6.48. The zero-order valence-corrected chi connectivity index (χ0v) is 6.23. The molecular weight excluding hydrogens is 98.1 g/mol. The second-order valence-corrected chi connectivity index (χ2v) is 2.56. The van der Waals surface area contributed by atoms with Crippen LogP contribution in [0.2, 0.25) is 0 Å². The Balaban J connectivity index is 3.39. The van der Waals surface area contributed by atoms with Crippen LogP contribution in [0, 0.1) is 5.92 Å². The Morgan fingerprint density at radius 1 is 1.50 bits per heavy atom. The van der Waals surface area contributed by atoms with Gasteiger partial charge in [-0.05, 0) is 19.3 Å². The lowest BCUT2D eigenvalue weighted by Crippen LogP contribution is -1.96. The van der Waals surface area contributed by atoms with Gasteiger partial charge in [-0.15, -0.1) is 0 Å². The Morgan fingerprint density at radius 3 is 2.12 bits per heavy atom. The lowest BCUT2D eigenvalue weighted by atomic mass is 10.1. The molecule has 0 heterocycles. The van der Waals surface area contributed by atoms with Crippen molar-refractivity contribution in [1.29, 1.82) is 0 Å². The topological polar surface area (TPSA) is 12.4 Å². The second kappa shape index (κ2) is 3.65. The van der Waals surface area contributed by atoms with Crippen molar-refractivity contribution < 1.29 is 0 Å². The summed E-state index contributed by atoms with van der Waals surface area (Å²) in [5, 5.41) is 0. The highest BCUT2D eigenvalue weighted by atomic mass is 14.7. The Bertz CT molecular complexity index is 82.4. The van der Waals surface area contributed by atoms with Gasteiger partial charge in [0.2, 0.25) is 0 Å². The van der Waals surface area contributed by atoms with E-state index in [9.17, 15) is 0 Å². The molecule has 0 saturated heterocycles. The Kier molecular flexibility index (Phi) is 3.49. The predicted molar refractivity (Wildman–Crippen MR) is 38.5 cm³/mol. The lowest BCUT2D eigenvalue weighted by Gasteiger charge is -2.00. The first-order valence-corrected chi connectivity index (χ1v) is 3.09. The van der Waals surface area contributed by atoms with E-state index in [1.165, 1.54) is 5.71 Å². The third-order valence-electron chi connectivity index (χ3n) is 1.09. The van der Waals surface area contributed by atoms with Crippen LogP contribution in [0.3, 0.4) is 0 Å². The highest BCUT2D eigenvalue weighted by Gasteiger charge is 1.93. The monoisotopic (exact) mass is 113 g/mol. The first kappa shape index (κ1) is 7.67. The smallest absolute Gasteiger partial charge is 0.0276 e. The van der Waals surface area contributed by atoms with E-state index in [2.05, 4.69) is 25.8 Å². The quantitative estimate of drug-likeness (QED) is 0.486. The molecule has 0 fully saturated rings. The molecule has 0 bridgehead atoms. The minimum atomic E-state index is 0.749. The van der Waals surface area contributed by atoms with E-state index in [1.54, 1.807) is 0 Å². The molecule has 0 aliphatic rings. The number of hydrogen-bond acceptors (Lipinski definition) is 1. The van der Waals surface area contributed by atoms with Gasteiger partial charge in [-0.2, -0.15) is 0 Å². The minimum absolute atomic E-state index is 0.749. The van der Waals surface area contributed by atoms with Gasteiger partial charge in [-0.25, -0.2) is 0 Å². The predicted octanol–water partition coefficient (Wildman–Crippen LogP) is 2.12. The molecule has 0 radical (unpaired) electrons. The van der Waals surface area contributed by atoms with E-state index < -0.39 is 0 Å². The summed E-state index contributed by atoms with van der Waals surface area (Å²) in [5.41, 5.74) is 1.25. The minimum Gasteiger partial charge on any atom is -0.298 e. The standard InChI is InChI=1S/C7H15N/c1-6(2)5-7(3)8-4/h6H,5H2,1-4H3/b8-7-. The van der Waals surface area contributed by atoms with E-state index in [-0.39, 0.29) is 0 Å². The van der Waals surface area contributed by atoms with Crippen LogP contribution in [0.15, 0.2) is 4.99 Å². The van der Waals surface area contributed by atoms with Crippen LogP contribution < -0.4 is 0 Å². The van der Waals surface area contributed by atoms with Crippen LogP contribution in [-0.2, 0) is 0 Å². The molecule has 1 heteroatoms. The molecule has 0 amide bonds. The molecular formula is C7H15N. The fourth-order valence-electron chi connectivity index (χ4n) is 0.682. The van der Waals surface area contributed by atoms with Gasteiger partial charge in [0, 0.05) is 12.8 Å². The maximum absolute atomic E-state index is 4.05. The Hall–Kier alpha value is -0.330. The number of aliphatic imine (C=N–C) groups is 1. The molecule has 0 aromatic carbocycles. The fraction of sp³-hybridized carbons (Fsp3) is 0.857. The summed E-state index contributed by atoms with van der Waals surface area (Å²) in [7, 11) is 1.84. The van der Waals surface area contributed by atoms with Crippen molar-refractivity contribution >= 4 is 5.71 Å². The highest BCUT2D eigenvalue weighted by Crippen LogP contribution is 1.99. The van der Waals surface area contributed by atoms with Gasteiger partial charge in [0.1, 0.15) is 0 Å². The van der Waals surface area contributed by atoms with Gasteiger partial charge in [-0.3, -0.25) is 4.99 Å². The normalized spacial score (nSPS) is 12.9. The van der Waals surface area contributed by atoms with Gasteiger partial charge < -0.3 is 0 Å². The van der Waals surface area contributed by atoms with E-state index in [4.69, 9.17) is 0 Å². The third-order valence-corrected chi connectivity index (χ3v) is 1.09. The molecule has 0 N–H and O–H groups in total. The van der Waals surface area contributed by atoms with Crippen LogP contribution in [-0.4, -0.2) is 12.8 Å². The van der Waals surface area contributed by atoms with Gasteiger partial charge >= 0.3 is 0 Å². The van der Waals surface area contributed by atoms with Crippen molar-refractivity contribution in [2.24, 2.45) is 10.9 Å². The first-order chi connectivity index (χ1) is 3.66. The third kappa shape index (κ3) is 3.85. The Labute approximate surface area is 51.8 Å². The second-order valence-electron chi connectivity index (χ2n) is 2.56. The SMILES string of the molecule is C/N=C(/C)CC(C)C. The molecule has 0 rings (SSSR count). The summed E-state index contributed by atoms with van der Waals surface area (Å²) in [5.74, 6) is 0.749.